The molecule has 0 unspecified atom stereocenters. The van der Waals surface area contributed by atoms with Crippen LogP contribution >= 0.6 is 47.8 Å². The van der Waals surface area contributed by atoms with Gasteiger partial charge in [0.05, 0.1) is 4.47 Å². The second kappa shape index (κ2) is 3.45. The lowest BCUT2D eigenvalue weighted by Crippen LogP contribution is -1.92. The van der Waals surface area contributed by atoms with Crippen LogP contribution in [0.3, 0.4) is 0 Å². The summed E-state index contributed by atoms with van der Waals surface area (Å²) in [5.74, 6) is -1.58. The summed E-state index contributed by atoms with van der Waals surface area (Å²) in [6, 6.07) is 0. The topological polar surface area (TPSA) is 12.9 Å². The second-order valence-electron chi connectivity index (χ2n) is 1.64. The molecule has 1 aromatic heterocycles. The molecule has 6 heteroatoms. The molecule has 0 aliphatic carbocycles. The van der Waals surface area contributed by atoms with Gasteiger partial charge >= 0.3 is 0 Å². The number of nitrogens with zero attached hydrogens (tertiary/aromatic N) is 1. The van der Waals surface area contributed by atoms with Crippen LogP contribution in [0.15, 0.2) is 13.5 Å². The molecule has 0 saturated carbocycles. The van der Waals surface area contributed by atoms with Gasteiger partial charge < -0.3 is 0 Å². The van der Waals surface area contributed by atoms with E-state index in [1.165, 1.54) is 0 Å². The molecule has 0 fully saturated rings. The quantitative estimate of drug-likeness (QED) is 0.650. The van der Waals surface area contributed by atoms with E-state index in [2.05, 4.69) is 52.8 Å². The normalized spacial score (nSPS) is 10.3. The molecule has 11 heavy (non-hydrogen) atoms. The van der Waals surface area contributed by atoms with E-state index in [1.807, 2.05) is 0 Å². The summed E-state index contributed by atoms with van der Waals surface area (Å²) in [5.41, 5.74) is 0. The van der Waals surface area contributed by atoms with Crippen molar-refractivity contribution in [3.8, 4) is 0 Å². The summed E-state index contributed by atoms with van der Waals surface area (Å²) >= 11 is 8.46. The fraction of sp³-hybridized carbons (Fsp3) is 0. The van der Waals surface area contributed by atoms with Gasteiger partial charge in [-0.1, -0.05) is 0 Å². The zero-order valence-corrected chi connectivity index (χ0v) is 9.60. The average Bonchev–Trinajstić information content (AvgIpc) is 1.97. The zero-order valence-electron chi connectivity index (χ0n) is 4.84. The molecular weight excluding hydrogens is 352 g/mol. The Kier molecular flexibility index (Phi) is 2.99. The highest BCUT2D eigenvalue weighted by Crippen LogP contribution is 2.30. The number of pyridine rings is 1. The first kappa shape index (κ1) is 9.54. The van der Waals surface area contributed by atoms with E-state index in [1.54, 1.807) is 0 Å². The molecule has 1 nitrogen and oxygen atoms in total. The molecular formula is C5Br3F2N. The molecule has 0 bridgehead atoms. The predicted molar refractivity (Wildman–Crippen MR) is 47.3 cm³/mol. The Labute approximate surface area is 86.6 Å². The van der Waals surface area contributed by atoms with Crippen molar-refractivity contribution in [2.24, 2.45) is 0 Å². The summed E-state index contributed by atoms with van der Waals surface area (Å²) in [5, 5.41) is 0. The maximum absolute atomic E-state index is 12.8. The van der Waals surface area contributed by atoms with Gasteiger partial charge in [-0.25, -0.2) is 9.37 Å². The molecule has 60 valence electrons. The number of hydrogen-bond acceptors (Lipinski definition) is 1. The summed E-state index contributed by atoms with van der Waals surface area (Å²) in [6.45, 7) is 0. The van der Waals surface area contributed by atoms with Gasteiger partial charge in [0, 0.05) is 0 Å². The Balaban J connectivity index is 3.46. The molecule has 0 radical (unpaired) electrons. The van der Waals surface area contributed by atoms with E-state index in [0.717, 1.165) is 0 Å². The van der Waals surface area contributed by atoms with Gasteiger partial charge in [0.2, 0.25) is 5.95 Å². The number of aromatic nitrogens is 1. The fourth-order valence-corrected chi connectivity index (χ4v) is 1.63. The van der Waals surface area contributed by atoms with E-state index in [0.29, 0.717) is 0 Å². The minimum Gasteiger partial charge on any atom is -0.210 e. The minimum absolute atomic E-state index is 0.103. The third-order valence-corrected chi connectivity index (χ3v) is 3.45. The SMILES string of the molecule is Fc1nc(Br)c(Br)c(F)c1Br. The van der Waals surface area contributed by atoms with Gasteiger partial charge in [-0.15, -0.1) is 0 Å². The highest BCUT2D eigenvalue weighted by molar-refractivity contribution is 9.13. The van der Waals surface area contributed by atoms with E-state index in [9.17, 15) is 8.78 Å². The van der Waals surface area contributed by atoms with Crippen molar-refractivity contribution in [3.63, 3.8) is 0 Å². The van der Waals surface area contributed by atoms with Gasteiger partial charge in [0.15, 0.2) is 5.82 Å². The molecule has 0 amide bonds. The molecule has 1 heterocycles. The highest BCUT2D eigenvalue weighted by Gasteiger charge is 2.14. The fourth-order valence-electron chi connectivity index (χ4n) is 0.462. The van der Waals surface area contributed by atoms with Crippen LogP contribution in [0.25, 0.3) is 0 Å². The van der Waals surface area contributed by atoms with Gasteiger partial charge in [0.25, 0.3) is 0 Å². The Hall–Kier alpha value is 0.450. The Morgan fingerprint density at radius 3 is 2.09 bits per heavy atom. The van der Waals surface area contributed by atoms with Crippen LogP contribution in [0.5, 0.6) is 0 Å². The van der Waals surface area contributed by atoms with Crippen molar-refractivity contribution in [3.05, 3.63) is 25.3 Å². The standard InChI is InChI=1S/C5Br3F2N/c6-1-3(9)2(7)5(10)11-4(1)8. The van der Waals surface area contributed by atoms with Crippen LogP contribution in [0, 0.1) is 11.8 Å². The number of hydrogen-bond donors (Lipinski definition) is 0. The molecule has 0 saturated heterocycles. The third-order valence-electron chi connectivity index (χ3n) is 0.944. The number of rotatable bonds is 0. The molecule has 0 atom stereocenters. The van der Waals surface area contributed by atoms with Gasteiger partial charge in [0.1, 0.15) is 9.08 Å². The predicted octanol–water partition coefficient (Wildman–Crippen LogP) is 3.65. The Morgan fingerprint density at radius 2 is 1.55 bits per heavy atom. The summed E-state index contributed by atoms with van der Waals surface area (Å²) in [7, 11) is 0. The Bertz CT molecular complexity index is 276. The zero-order chi connectivity index (χ0) is 8.59. The highest BCUT2D eigenvalue weighted by atomic mass is 79.9. The van der Waals surface area contributed by atoms with E-state index in [-0.39, 0.29) is 13.5 Å². The first-order valence-corrected chi connectivity index (χ1v) is 4.77. The maximum Gasteiger partial charge on any atom is 0.231 e. The van der Waals surface area contributed by atoms with Gasteiger partial charge in [-0.2, -0.15) is 4.39 Å². The van der Waals surface area contributed by atoms with Gasteiger partial charge in [-0.3, -0.25) is 0 Å². The second-order valence-corrected chi connectivity index (χ2v) is 3.97. The van der Waals surface area contributed by atoms with E-state index in [4.69, 9.17) is 0 Å². The van der Waals surface area contributed by atoms with Crippen LogP contribution in [0.2, 0.25) is 0 Å². The number of halogens is 5. The van der Waals surface area contributed by atoms with E-state index < -0.39 is 11.8 Å². The van der Waals surface area contributed by atoms with Crippen molar-refractivity contribution in [2.45, 2.75) is 0 Å². The molecule has 0 aliphatic heterocycles. The van der Waals surface area contributed by atoms with Crippen molar-refractivity contribution >= 4 is 47.8 Å². The van der Waals surface area contributed by atoms with Crippen molar-refractivity contribution in [1.29, 1.82) is 0 Å². The van der Waals surface area contributed by atoms with Crippen LogP contribution in [0.1, 0.15) is 0 Å². The van der Waals surface area contributed by atoms with Crippen LogP contribution in [-0.4, -0.2) is 4.98 Å². The summed E-state index contributed by atoms with van der Waals surface area (Å²) < 4.78 is 25.4. The lowest BCUT2D eigenvalue weighted by Gasteiger charge is -1.99. The maximum atomic E-state index is 12.8. The lowest BCUT2D eigenvalue weighted by atomic mass is 10.5. The Morgan fingerprint density at radius 1 is 1.00 bits per heavy atom. The van der Waals surface area contributed by atoms with Crippen LogP contribution in [-0.2, 0) is 0 Å². The lowest BCUT2D eigenvalue weighted by molar-refractivity contribution is 0.533. The van der Waals surface area contributed by atoms with Crippen molar-refractivity contribution in [1.82, 2.24) is 4.98 Å². The van der Waals surface area contributed by atoms with Crippen molar-refractivity contribution < 1.29 is 8.78 Å². The largest absolute Gasteiger partial charge is 0.231 e. The smallest absolute Gasteiger partial charge is 0.210 e. The first-order chi connectivity index (χ1) is 5.04. The first-order valence-electron chi connectivity index (χ1n) is 2.39. The molecule has 0 aliphatic rings. The molecule has 0 spiro atoms. The molecule has 0 aromatic carbocycles. The van der Waals surface area contributed by atoms with Crippen LogP contribution in [0.4, 0.5) is 8.78 Å². The molecule has 0 N–H and O–H groups in total. The van der Waals surface area contributed by atoms with Crippen molar-refractivity contribution in [2.75, 3.05) is 0 Å². The molecule has 1 aromatic rings. The average molecular weight is 352 g/mol. The molecule has 1 rings (SSSR count). The van der Waals surface area contributed by atoms with E-state index >= 15 is 0 Å². The summed E-state index contributed by atoms with van der Waals surface area (Å²) in [4.78, 5) is 3.35. The van der Waals surface area contributed by atoms with Crippen LogP contribution < -0.4 is 0 Å². The third kappa shape index (κ3) is 1.78. The minimum atomic E-state index is -0.877. The summed E-state index contributed by atoms with van der Waals surface area (Å²) in [6.07, 6.45) is 0. The van der Waals surface area contributed by atoms with Gasteiger partial charge in [-0.05, 0) is 47.8 Å². The monoisotopic (exact) mass is 349 g/mol.